The molecule has 0 aliphatic heterocycles. The van der Waals surface area contributed by atoms with Crippen molar-refractivity contribution in [1.82, 2.24) is 0 Å². The minimum absolute atomic E-state index is 0.681. The Morgan fingerprint density at radius 1 is 1.55 bits per heavy atom. The number of alkyl halides is 1. The van der Waals surface area contributed by atoms with Gasteiger partial charge in [0.2, 0.25) is 0 Å². The Bertz CT molecular complexity index is 185. The molecule has 0 bridgehead atoms. The van der Waals surface area contributed by atoms with Gasteiger partial charge in [0.05, 0.1) is 0 Å². The van der Waals surface area contributed by atoms with Crippen LogP contribution in [-0.2, 0) is 0 Å². The second kappa shape index (κ2) is 4.89. The van der Waals surface area contributed by atoms with E-state index < -0.39 is 6.17 Å². The highest BCUT2D eigenvalue weighted by Gasteiger charge is 2.01. The molecule has 0 radical (unpaired) electrons. The van der Waals surface area contributed by atoms with E-state index in [-0.39, 0.29) is 0 Å². The van der Waals surface area contributed by atoms with E-state index >= 15 is 0 Å². The lowest BCUT2D eigenvalue weighted by Crippen LogP contribution is -1.95. The second-order valence-corrected chi connectivity index (χ2v) is 2.61. The van der Waals surface area contributed by atoms with Crippen LogP contribution in [0.3, 0.4) is 0 Å². The van der Waals surface area contributed by atoms with Crippen molar-refractivity contribution in [3.8, 4) is 0 Å². The predicted molar refractivity (Wildman–Crippen MR) is 48.3 cm³/mol. The maximum Gasteiger partial charge on any atom is 0.122 e. The molecule has 0 rings (SSSR count). The van der Waals surface area contributed by atoms with Crippen LogP contribution in [0.5, 0.6) is 0 Å². The lowest BCUT2D eigenvalue weighted by molar-refractivity contribution is 0.417. The molecule has 0 heterocycles. The fourth-order valence-electron chi connectivity index (χ4n) is 0.773. The third-order valence-electron chi connectivity index (χ3n) is 1.23. The van der Waals surface area contributed by atoms with Crippen LogP contribution in [-0.4, -0.2) is 6.17 Å². The van der Waals surface area contributed by atoms with E-state index in [2.05, 4.69) is 6.58 Å². The van der Waals surface area contributed by atoms with Gasteiger partial charge in [-0.05, 0) is 26.3 Å². The third-order valence-corrected chi connectivity index (χ3v) is 1.23. The van der Waals surface area contributed by atoms with Gasteiger partial charge in [0, 0.05) is 0 Å². The Kier molecular flexibility index (Phi) is 4.51. The fraction of sp³-hybridized carbons (Fsp3) is 0.400. The summed E-state index contributed by atoms with van der Waals surface area (Å²) in [5, 5.41) is 0. The molecule has 0 amide bonds. The summed E-state index contributed by atoms with van der Waals surface area (Å²) in [4.78, 5) is 0. The zero-order chi connectivity index (χ0) is 8.85. The van der Waals surface area contributed by atoms with Crippen LogP contribution in [0.1, 0.15) is 20.8 Å². The Morgan fingerprint density at radius 3 is 2.36 bits per heavy atom. The van der Waals surface area contributed by atoms with Crippen LogP contribution >= 0.6 is 0 Å². The minimum atomic E-state index is -0.914. The molecule has 0 aliphatic carbocycles. The summed E-state index contributed by atoms with van der Waals surface area (Å²) in [6, 6.07) is 0. The maximum absolute atomic E-state index is 12.8. The van der Waals surface area contributed by atoms with Crippen molar-refractivity contribution in [1.29, 1.82) is 0 Å². The number of allylic oxidation sites excluding steroid dienone is 5. The normalized spacial score (nSPS) is 15.5. The largest absolute Gasteiger partial charge is 0.243 e. The number of hydrogen-bond acceptors (Lipinski definition) is 0. The molecular weight excluding hydrogens is 139 g/mol. The first-order valence-corrected chi connectivity index (χ1v) is 3.71. The molecule has 0 spiro atoms. The van der Waals surface area contributed by atoms with Crippen LogP contribution in [0.15, 0.2) is 36.0 Å². The van der Waals surface area contributed by atoms with E-state index in [0.29, 0.717) is 5.57 Å². The average molecular weight is 154 g/mol. The van der Waals surface area contributed by atoms with E-state index in [0.717, 1.165) is 5.57 Å². The Hall–Kier alpha value is -0.850. The molecular formula is C10H15F. The Morgan fingerprint density at radius 2 is 2.09 bits per heavy atom. The highest BCUT2D eigenvalue weighted by Crippen LogP contribution is 2.10. The molecule has 0 aromatic heterocycles. The zero-order valence-corrected chi connectivity index (χ0v) is 7.39. The molecule has 0 aromatic carbocycles. The number of halogens is 1. The zero-order valence-electron chi connectivity index (χ0n) is 7.39. The molecule has 62 valence electrons. The lowest BCUT2D eigenvalue weighted by atomic mass is 10.1. The molecule has 1 atom stereocenters. The molecule has 0 saturated carbocycles. The van der Waals surface area contributed by atoms with Crippen molar-refractivity contribution in [2.45, 2.75) is 26.9 Å². The van der Waals surface area contributed by atoms with Crippen molar-refractivity contribution < 1.29 is 4.39 Å². The number of rotatable bonds is 3. The van der Waals surface area contributed by atoms with Gasteiger partial charge in [-0.2, -0.15) is 0 Å². The van der Waals surface area contributed by atoms with Gasteiger partial charge in [0.25, 0.3) is 0 Å². The van der Waals surface area contributed by atoms with E-state index in [1.54, 1.807) is 12.2 Å². The summed E-state index contributed by atoms with van der Waals surface area (Å²) >= 11 is 0. The topological polar surface area (TPSA) is 0 Å². The number of hydrogen-bond donors (Lipinski definition) is 0. The van der Waals surface area contributed by atoms with E-state index in [1.807, 2.05) is 19.9 Å². The van der Waals surface area contributed by atoms with Crippen LogP contribution in [0.2, 0.25) is 0 Å². The molecule has 0 aromatic rings. The second-order valence-electron chi connectivity index (χ2n) is 2.61. The summed E-state index contributed by atoms with van der Waals surface area (Å²) in [6.45, 7) is 8.93. The van der Waals surface area contributed by atoms with Crippen molar-refractivity contribution in [2.75, 3.05) is 0 Å². The van der Waals surface area contributed by atoms with Crippen LogP contribution in [0, 0.1) is 0 Å². The van der Waals surface area contributed by atoms with E-state index in [9.17, 15) is 4.39 Å². The Labute approximate surface area is 68.1 Å². The molecule has 0 aliphatic rings. The summed E-state index contributed by atoms with van der Waals surface area (Å²) < 4.78 is 12.8. The monoisotopic (exact) mass is 154 g/mol. The van der Waals surface area contributed by atoms with Crippen LogP contribution in [0.4, 0.5) is 4.39 Å². The first kappa shape index (κ1) is 10.2. The SMILES string of the molecule is C=C(C)C=C(C=CC)C(C)F. The Balaban J connectivity index is 4.46. The molecule has 0 N–H and O–H groups in total. The quantitative estimate of drug-likeness (QED) is 0.546. The lowest BCUT2D eigenvalue weighted by Gasteiger charge is -2.02. The van der Waals surface area contributed by atoms with Crippen molar-refractivity contribution in [3.05, 3.63) is 36.0 Å². The van der Waals surface area contributed by atoms with Gasteiger partial charge in [0.15, 0.2) is 0 Å². The smallest absolute Gasteiger partial charge is 0.122 e. The molecule has 1 unspecified atom stereocenters. The highest BCUT2D eigenvalue weighted by atomic mass is 19.1. The standard InChI is InChI=1S/C10H15F/c1-5-6-10(9(4)11)7-8(2)3/h5-7,9H,2H2,1,3-4H3. The van der Waals surface area contributed by atoms with Gasteiger partial charge in [-0.15, -0.1) is 0 Å². The summed E-state index contributed by atoms with van der Waals surface area (Å²) in [7, 11) is 0. The highest BCUT2D eigenvalue weighted by molar-refractivity contribution is 5.29. The third kappa shape index (κ3) is 4.54. The van der Waals surface area contributed by atoms with Crippen molar-refractivity contribution in [3.63, 3.8) is 0 Å². The molecule has 11 heavy (non-hydrogen) atoms. The van der Waals surface area contributed by atoms with Crippen molar-refractivity contribution in [2.24, 2.45) is 0 Å². The first-order valence-electron chi connectivity index (χ1n) is 3.71. The molecule has 0 saturated heterocycles. The molecule has 1 heteroatoms. The van der Waals surface area contributed by atoms with Gasteiger partial charge in [-0.25, -0.2) is 4.39 Å². The van der Waals surface area contributed by atoms with Gasteiger partial charge in [0.1, 0.15) is 6.17 Å². The summed E-state index contributed by atoms with van der Waals surface area (Å²) in [5.74, 6) is 0. The van der Waals surface area contributed by atoms with Crippen LogP contribution < -0.4 is 0 Å². The van der Waals surface area contributed by atoms with Crippen LogP contribution in [0.25, 0.3) is 0 Å². The fourth-order valence-corrected chi connectivity index (χ4v) is 0.773. The summed E-state index contributed by atoms with van der Waals surface area (Å²) in [5.41, 5.74) is 1.56. The average Bonchev–Trinajstić information content (AvgIpc) is 1.86. The van der Waals surface area contributed by atoms with Gasteiger partial charge in [-0.1, -0.05) is 30.4 Å². The van der Waals surface area contributed by atoms with Crippen molar-refractivity contribution >= 4 is 0 Å². The van der Waals surface area contributed by atoms with Gasteiger partial charge < -0.3 is 0 Å². The predicted octanol–water partition coefficient (Wildman–Crippen LogP) is 3.42. The minimum Gasteiger partial charge on any atom is -0.243 e. The molecule has 0 nitrogen and oxygen atoms in total. The summed E-state index contributed by atoms with van der Waals surface area (Å²) in [6.07, 6.45) is 4.43. The van der Waals surface area contributed by atoms with Gasteiger partial charge >= 0.3 is 0 Å². The first-order chi connectivity index (χ1) is 5.07. The van der Waals surface area contributed by atoms with E-state index in [4.69, 9.17) is 0 Å². The molecule has 0 fully saturated rings. The maximum atomic E-state index is 12.8. The van der Waals surface area contributed by atoms with Gasteiger partial charge in [-0.3, -0.25) is 0 Å². The van der Waals surface area contributed by atoms with E-state index in [1.165, 1.54) is 6.92 Å².